The Morgan fingerprint density at radius 2 is 2.04 bits per heavy atom. The van der Waals surface area contributed by atoms with Crippen molar-refractivity contribution >= 4 is 35.2 Å². The van der Waals surface area contributed by atoms with E-state index in [0.717, 1.165) is 0 Å². The van der Waals surface area contributed by atoms with Gasteiger partial charge in [-0.2, -0.15) is 0 Å². The third-order valence-corrected chi connectivity index (χ3v) is 3.33. The first-order valence-corrected chi connectivity index (χ1v) is 7.29. The third-order valence-electron chi connectivity index (χ3n) is 3.03. The molecule has 0 radical (unpaired) electrons. The summed E-state index contributed by atoms with van der Waals surface area (Å²) < 4.78 is 10.2. The summed E-state index contributed by atoms with van der Waals surface area (Å²) in [5.74, 6) is -0.497. The normalized spacial score (nSPS) is 10.6. The van der Waals surface area contributed by atoms with Crippen LogP contribution < -0.4 is 9.47 Å². The van der Waals surface area contributed by atoms with Gasteiger partial charge in [0.25, 0.3) is 5.69 Å². The molecule has 0 spiro atoms. The van der Waals surface area contributed by atoms with Crippen molar-refractivity contribution < 1.29 is 24.3 Å². The molecule has 130 valence electrons. The second kappa shape index (κ2) is 8.11. The maximum atomic E-state index is 10.9. The first-order chi connectivity index (χ1) is 11.9. The van der Waals surface area contributed by atoms with E-state index >= 15 is 0 Å². The largest absolute Gasteiger partial charge is 0.494 e. The lowest BCUT2D eigenvalue weighted by molar-refractivity contribution is -0.384. The van der Waals surface area contributed by atoms with Crippen LogP contribution in [0.5, 0.6) is 11.5 Å². The molecule has 2 rings (SSSR count). The molecule has 0 aliphatic heterocycles. The summed E-state index contributed by atoms with van der Waals surface area (Å²) in [6.45, 7) is -0.502. The molecule has 2 aromatic carbocycles. The number of carboxylic acids is 1. The highest BCUT2D eigenvalue weighted by molar-refractivity contribution is 6.32. The van der Waals surface area contributed by atoms with Gasteiger partial charge in [0.2, 0.25) is 0 Å². The number of carboxylic acid groups (broad SMARTS) is 1. The Hall–Kier alpha value is -3.13. The van der Waals surface area contributed by atoms with Crippen LogP contribution in [0.4, 0.5) is 11.4 Å². The number of nitrogens with zero attached hydrogens (tertiary/aromatic N) is 2. The minimum Gasteiger partial charge on any atom is -0.494 e. The molecule has 0 aliphatic carbocycles. The van der Waals surface area contributed by atoms with Crippen molar-refractivity contribution in [3.05, 3.63) is 57.1 Å². The summed E-state index contributed by atoms with van der Waals surface area (Å²) in [6.07, 6.45) is 1.45. The summed E-state index contributed by atoms with van der Waals surface area (Å²) in [5.41, 5.74) is 0.781. The second-order valence-electron chi connectivity index (χ2n) is 4.74. The first-order valence-electron chi connectivity index (χ1n) is 6.91. The van der Waals surface area contributed by atoms with Gasteiger partial charge in [0.1, 0.15) is 17.2 Å². The SMILES string of the molecule is COc1ccc([N+](=O)[O-])cc1N=Cc1ccc(OCC(=O)O)c(Cl)c1. The fourth-order valence-corrected chi connectivity index (χ4v) is 2.13. The number of hydrogen-bond donors (Lipinski definition) is 1. The zero-order valence-corrected chi connectivity index (χ0v) is 13.8. The van der Waals surface area contributed by atoms with Gasteiger partial charge < -0.3 is 14.6 Å². The van der Waals surface area contributed by atoms with Crippen molar-refractivity contribution in [3.63, 3.8) is 0 Å². The molecule has 0 heterocycles. The number of nitro groups is 1. The van der Waals surface area contributed by atoms with Gasteiger partial charge in [-0.1, -0.05) is 11.6 Å². The molecule has 0 aliphatic rings. The van der Waals surface area contributed by atoms with E-state index in [0.29, 0.717) is 17.0 Å². The predicted molar refractivity (Wildman–Crippen MR) is 91.5 cm³/mol. The van der Waals surface area contributed by atoms with Gasteiger partial charge in [0.15, 0.2) is 6.61 Å². The Morgan fingerprint density at radius 1 is 1.32 bits per heavy atom. The van der Waals surface area contributed by atoms with Gasteiger partial charge in [-0.15, -0.1) is 0 Å². The Morgan fingerprint density at radius 3 is 2.64 bits per heavy atom. The van der Waals surface area contributed by atoms with E-state index < -0.39 is 17.5 Å². The maximum Gasteiger partial charge on any atom is 0.341 e. The van der Waals surface area contributed by atoms with Crippen LogP contribution in [0.15, 0.2) is 41.4 Å². The van der Waals surface area contributed by atoms with E-state index in [2.05, 4.69) is 4.99 Å². The fraction of sp³-hybridized carbons (Fsp3) is 0.125. The van der Waals surface area contributed by atoms with Crippen LogP contribution >= 0.6 is 11.6 Å². The smallest absolute Gasteiger partial charge is 0.341 e. The lowest BCUT2D eigenvalue weighted by Crippen LogP contribution is -2.09. The maximum absolute atomic E-state index is 10.9. The van der Waals surface area contributed by atoms with Crippen molar-refractivity contribution in [2.24, 2.45) is 4.99 Å². The number of aliphatic carboxylic acids is 1. The minimum atomic E-state index is -1.11. The summed E-state index contributed by atoms with van der Waals surface area (Å²) >= 11 is 6.03. The van der Waals surface area contributed by atoms with Gasteiger partial charge in [-0.25, -0.2) is 4.79 Å². The van der Waals surface area contributed by atoms with E-state index in [-0.39, 0.29) is 16.5 Å². The van der Waals surface area contributed by atoms with Crippen LogP contribution in [0, 0.1) is 10.1 Å². The quantitative estimate of drug-likeness (QED) is 0.457. The van der Waals surface area contributed by atoms with Gasteiger partial charge in [-0.3, -0.25) is 15.1 Å². The van der Waals surface area contributed by atoms with Gasteiger partial charge in [0, 0.05) is 18.3 Å². The summed E-state index contributed by atoms with van der Waals surface area (Å²) in [5, 5.41) is 19.7. The number of rotatable bonds is 7. The molecule has 0 saturated heterocycles. The van der Waals surface area contributed by atoms with Crippen molar-refractivity contribution in [2.45, 2.75) is 0 Å². The van der Waals surface area contributed by atoms with Crippen LogP contribution in [-0.4, -0.2) is 35.9 Å². The standard InChI is InChI=1S/C16H13ClN2O6/c1-24-15-5-3-11(19(22)23)7-13(15)18-8-10-2-4-14(12(17)6-10)25-9-16(20)21/h2-8H,9H2,1H3,(H,20,21). The summed E-state index contributed by atoms with van der Waals surface area (Å²) in [4.78, 5) is 25.0. The molecule has 0 amide bonds. The highest BCUT2D eigenvalue weighted by Crippen LogP contribution is 2.31. The molecule has 0 fully saturated rings. The Bertz CT molecular complexity index is 837. The van der Waals surface area contributed by atoms with E-state index in [1.54, 1.807) is 6.07 Å². The second-order valence-corrected chi connectivity index (χ2v) is 5.15. The molecule has 25 heavy (non-hydrogen) atoms. The minimum absolute atomic E-state index is 0.108. The molecule has 1 N–H and O–H groups in total. The lowest BCUT2D eigenvalue weighted by Gasteiger charge is -2.06. The van der Waals surface area contributed by atoms with Crippen LogP contribution in [0.3, 0.4) is 0 Å². The first kappa shape index (κ1) is 18.2. The van der Waals surface area contributed by atoms with Gasteiger partial charge in [-0.05, 0) is 29.8 Å². The van der Waals surface area contributed by atoms with Crippen molar-refractivity contribution in [3.8, 4) is 11.5 Å². The number of nitro benzene ring substituents is 1. The average molecular weight is 365 g/mol. The van der Waals surface area contributed by atoms with E-state index in [1.807, 2.05) is 0 Å². The monoisotopic (exact) mass is 364 g/mol. The van der Waals surface area contributed by atoms with Crippen LogP contribution in [0.2, 0.25) is 5.02 Å². The van der Waals surface area contributed by atoms with Crippen LogP contribution in [0.25, 0.3) is 0 Å². The van der Waals surface area contributed by atoms with Crippen molar-refractivity contribution in [1.82, 2.24) is 0 Å². The van der Waals surface area contributed by atoms with Gasteiger partial charge >= 0.3 is 5.97 Å². The average Bonchev–Trinajstić information content (AvgIpc) is 2.58. The molecule has 0 aromatic heterocycles. The highest BCUT2D eigenvalue weighted by Gasteiger charge is 2.10. The van der Waals surface area contributed by atoms with Gasteiger partial charge in [0.05, 0.1) is 17.1 Å². The number of benzene rings is 2. The Kier molecular flexibility index (Phi) is 5.91. The molecule has 0 atom stereocenters. The summed E-state index contributed by atoms with van der Waals surface area (Å²) in [6, 6.07) is 8.74. The molecule has 9 heteroatoms. The topological polar surface area (TPSA) is 111 Å². The predicted octanol–water partition coefficient (Wildman–Crippen LogP) is 3.47. The number of hydrogen-bond acceptors (Lipinski definition) is 6. The molecule has 0 unspecified atom stereocenters. The fourth-order valence-electron chi connectivity index (χ4n) is 1.89. The van der Waals surface area contributed by atoms with E-state index in [9.17, 15) is 14.9 Å². The number of carbonyl (C=O) groups is 1. The molecular weight excluding hydrogens is 352 g/mol. The van der Waals surface area contributed by atoms with Crippen LogP contribution in [0.1, 0.15) is 5.56 Å². The molecular formula is C16H13ClN2O6. The van der Waals surface area contributed by atoms with E-state index in [1.165, 1.54) is 43.7 Å². The van der Waals surface area contributed by atoms with Crippen LogP contribution in [-0.2, 0) is 4.79 Å². The number of non-ortho nitro benzene ring substituents is 1. The zero-order valence-electron chi connectivity index (χ0n) is 13.0. The Labute approximate surface area is 147 Å². The summed E-state index contributed by atoms with van der Waals surface area (Å²) in [7, 11) is 1.44. The number of methoxy groups -OCH3 is 1. The molecule has 2 aromatic rings. The number of aliphatic imine (C=N–C) groups is 1. The van der Waals surface area contributed by atoms with Crippen molar-refractivity contribution in [1.29, 1.82) is 0 Å². The Balaban J connectivity index is 2.24. The zero-order chi connectivity index (χ0) is 18.4. The number of halogens is 1. The third kappa shape index (κ3) is 4.92. The van der Waals surface area contributed by atoms with Crippen molar-refractivity contribution in [2.75, 3.05) is 13.7 Å². The molecule has 8 nitrogen and oxygen atoms in total. The lowest BCUT2D eigenvalue weighted by atomic mass is 10.2. The highest BCUT2D eigenvalue weighted by atomic mass is 35.5. The molecule has 0 bridgehead atoms. The van der Waals surface area contributed by atoms with E-state index in [4.69, 9.17) is 26.2 Å². The number of ether oxygens (including phenoxy) is 2. The molecule has 0 saturated carbocycles.